The molecule has 0 saturated heterocycles. The summed E-state index contributed by atoms with van der Waals surface area (Å²) < 4.78 is 7.16. The van der Waals surface area contributed by atoms with Gasteiger partial charge in [-0.05, 0) is 12.1 Å². The van der Waals surface area contributed by atoms with Crippen LogP contribution in [0.15, 0.2) is 42.7 Å². The number of aryl methyl sites for hydroxylation is 1. The maximum Gasteiger partial charge on any atom is 0.342 e. The van der Waals surface area contributed by atoms with Gasteiger partial charge in [-0.2, -0.15) is 9.97 Å². The quantitative estimate of drug-likeness (QED) is 0.786. The fourth-order valence-electron chi connectivity index (χ4n) is 1.80. The second-order valence-corrected chi connectivity index (χ2v) is 4.31. The lowest BCUT2D eigenvalue weighted by atomic mass is 10.3. The predicted molar refractivity (Wildman–Crippen MR) is 77.3 cm³/mol. The van der Waals surface area contributed by atoms with Crippen LogP contribution in [0.4, 0.5) is 5.82 Å². The maximum atomic E-state index is 5.71. The summed E-state index contributed by atoms with van der Waals surface area (Å²) in [6.45, 7) is 1.95. The Bertz CT molecular complexity index is 740. The number of para-hydroxylation sites is 1. The van der Waals surface area contributed by atoms with Gasteiger partial charge in [-0.25, -0.2) is 9.67 Å². The van der Waals surface area contributed by atoms with Crippen molar-refractivity contribution in [1.82, 2.24) is 24.7 Å². The van der Waals surface area contributed by atoms with E-state index in [-0.39, 0.29) is 6.01 Å². The number of hydrogen-bond acceptors (Lipinski definition) is 6. The Balaban J connectivity index is 1.83. The van der Waals surface area contributed by atoms with E-state index in [0.717, 1.165) is 5.69 Å². The molecule has 2 heterocycles. The van der Waals surface area contributed by atoms with Crippen LogP contribution in [0.25, 0.3) is 5.69 Å². The Labute approximate surface area is 121 Å². The van der Waals surface area contributed by atoms with E-state index in [1.165, 1.54) is 0 Å². The molecule has 0 unspecified atom stereocenters. The first-order valence-corrected chi connectivity index (χ1v) is 6.53. The van der Waals surface area contributed by atoms with Crippen molar-refractivity contribution >= 4 is 5.82 Å². The highest BCUT2D eigenvalue weighted by Crippen LogP contribution is 2.18. The van der Waals surface area contributed by atoms with E-state index in [2.05, 4.69) is 20.1 Å². The van der Waals surface area contributed by atoms with Crippen molar-refractivity contribution in [2.45, 2.75) is 13.3 Å². The molecular formula is C14H14N6O. The van der Waals surface area contributed by atoms with Gasteiger partial charge in [-0.3, -0.25) is 0 Å². The summed E-state index contributed by atoms with van der Waals surface area (Å²) in [7, 11) is 0. The number of nitrogens with two attached hydrogens (primary N) is 1. The molecule has 0 atom stereocenters. The summed E-state index contributed by atoms with van der Waals surface area (Å²) in [5, 5.41) is 4.24. The Morgan fingerprint density at radius 3 is 2.76 bits per heavy atom. The SMILES string of the molecule is CCc1nc(N)cc(Oc2ncn(-c3ccccc3)n2)n1. The second-order valence-electron chi connectivity index (χ2n) is 4.31. The highest BCUT2D eigenvalue weighted by Gasteiger charge is 2.08. The van der Waals surface area contributed by atoms with Gasteiger partial charge in [0.15, 0.2) is 0 Å². The molecule has 0 radical (unpaired) electrons. The Kier molecular flexibility index (Phi) is 3.46. The van der Waals surface area contributed by atoms with Gasteiger partial charge in [0.2, 0.25) is 5.88 Å². The zero-order valence-electron chi connectivity index (χ0n) is 11.5. The summed E-state index contributed by atoms with van der Waals surface area (Å²) in [6, 6.07) is 11.4. The lowest BCUT2D eigenvalue weighted by molar-refractivity contribution is 0.422. The number of aromatic nitrogens is 5. The first-order chi connectivity index (χ1) is 10.2. The van der Waals surface area contributed by atoms with Gasteiger partial charge in [0.25, 0.3) is 0 Å². The molecule has 0 bridgehead atoms. The van der Waals surface area contributed by atoms with E-state index in [4.69, 9.17) is 10.5 Å². The molecule has 0 amide bonds. The highest BCUT2D eigenvalue weighted by atomic mass is 16.5. The number of benzene rings is 1. The number of hydrogen-bond donors (Lipinski definition) is 1. The second kappa shape index (κ2) is 5.58. The van der Waals surface area contributed by atoms with E-state index in [1.807, 2.05) is 37.3 Å². The van der Waals surface area contributed by atoms with E-state index in [1.54, 1.807) is 17.1 Å². The van der Waals surface area contributed by atoms with Gasteiger partial charge >= 0.3 is 6.01 Å². The van der Waals surface area contributed by atoms with Crippen molar-refractivity contribution < 1.29 is 4.74 Å². The molecule has 0 aliphatic heterocycles. The van der Waals surface area contributed by atoms with Gasteiger partial charge in [0.1, 0.15) is 18.0 Å². The number of ether oxygens (including phenoxy) is 1. The summed E-state index contributed by atoms with van der Waals surface area (Å²) in [5.74, 6) is 1.32. The Hall–Kier alpha value is -2.96. The lowest BCUT2D eigenvalue weighted by Crippen LogP contribution is -2.01. The molecule has 0 aliphatic carbocycles. The van der Waals surface area contributed by atoms with Crippen LogP contribution >= 0.6 is 0 Å². The molecule has 3 aromatic rings. The van der Waals surface area contributed by atoms with Crippen LogP contribution in [0.1, 0.15) is 12.7 Å². The fourth-order valence-corrected chi connectivity index (χ4v) is 1.80. The first-order valence-electron chi connectivity index (χ1n) is 6.53. The highest BCUT2D eigenvalue weighted by molar-refractivity contribution is 5.34. The molecule has 2 aromatic heterocycles. The Morgan fingerprint density at radius 1 is 1.19 bits per heavy atom. The van der Waals surface area contributed by atoms with Gasteiger partial charge < -0.3 is 10.5 Å². The molecule has 0 aliphatic rings. The smallest absolute Gasteiger partial charge is 0.342 e. The van der Waals surface area contributed by atoms with Gasteiger partial charge in [0, 0.05) is 12.5 Å². The standard InChI is InChI=1S/C14H14N6O/c1-2-12-17-11(15)8-13(18-12)21-14-16-9-20(19-14)10-6-4-3-5-7-10/h3-9H,2H2,1H3,(H2,15,17,18). The molecule has 0 fully saturated rings. The zero-order valence-corrected chi connectivity index (χ0v) is 11.5. The maximum absolute atomic E-state index is 5.71. The van der Waals surface area contributed by atoms with Crippen LogP contribution in [0.5, 0.6) is 11.9 Å². The largest absolute Gasteiger partial charge is 0.404 e. The van der Waals surface area contributed by atoms with Crippen LogP contribution in [-0.2, 0) is 6.42 Å². The number of anilines is 1. The number of nitrogens with zero attached hydrogens (tertiary/aromatic N) is 5. The van der Waals surface area contributed by atoms with Crippen LogP contribution in [0.2, 0.25) is 0 Å². The molecule has 3 rings (SSSR count). The minimum absolute atomic E-state index is 0.207. The molecule has 106 valence electrons. The van der Waals surface area contributed by atoms with Crippen LogP contribution in [-0.4, -0.2) is 24.7 Å². The van der Waals surface area contributed by atoms with Crippen LogP contribution in [0, 0.1) is 0 Å². The normalized spacial score (nSPS) is 10.5. The van der Waals surface area contributed by atoms with Crippen molar-refractivity contribution in [1.29, 1.82) is 0 Å². The predicted octanol–water partition coefficient (Wildman–Crippen LogP) is 1.99. The van der Waals surface area contributed by atoms with Crippen molar-refractivity contribution in [3.8, 4) is 17.6 Å². The average Bonchev–Trinajstić information content (AvgIpc) is 2.96. The van der Waals surface area contributed by atoms with Crippen molar-refractivity contribution in [2.75, 3.05) is 5.73 Å². The molecule has 2 N–H and O–H groups in total. The van der Waals surface area contributed by atoms with Crippen molar-refractivity contribution in [2.24, 2.45) is 0 Å². The monoisotopic (exact) mass is 282 g/mol. The third-order valence-electron chi connectivity index (χ3n) is 2.77. The first kappa shape index (κ1) is 13.0. The summed E-state index contributed by atoms with van der Waals surface area (Å²) in [4.78, 5) is 12.4. The fraction of sp³-hybridized carbons (Fsp3) is 0.143. The number of nitrogen functional groups attached to an aromatic ring is 1. The lowest BCUT2D eigenvalue weighted by Gasteiger charge is -2.03. The number of rotatable bonds is 4. The van der Waals surface area contributed by atoms with E-state index >= 15 is 0 Å². The molecule has 7 heteroatoms. The third kappa shape index (κ3) is 2.97. The van der Waals surface area contributed by atoms with Crippen molar-refractivity contribution in [3.05, 3.63) is 48.5 Å². The van der Waals surface area contributed by atoms with Gasteiger partial charge in [-0.1, -0.05) is 25.1 Å². The molecular weight excluding hydrogens is 268 g/mol. The molecule has 7 nitrogen and oxygen atoms in total. The zero-order chi connectivity index (χ0) is 14.7. The minimum atomic E-state index is 0.207. The third-order valence-corrected chi connectivity index (χ3v) is 2.77. The molecule has 21 heavy (non-hydrogen) atoms. The topological polar surface area (TPSA) is 91.7 Å². The average molecular weight is 282 g/mol. The summed E-state index contributed by atoms with van der Waals surface area (Å²) in [5.41, 5.74) is 6.61. The molecule has 0 spiro atoms. The van der Waals surface area contributed by atoms with E-state index < -0.39 is 0 Å². The molecule has 0 saturated carbocycles. The van der Waals surface area contributed by atoms with Crippen LogP contribution < -0.4 is 10.5 Å². The van der Waals surface area contributed by atoms with Crippen molar-refractivity contribution in [3.63, 3.8) is 0 Å². The van der Waals surface area contributed by atoms with E-state index in [0.29, 0.717) is 23.9 Å². The summed E-state index contributed by atoms with van der Waals surface area (Å²) in [6.07, 6.45) is 2.25. The van der Waals surface area contributed by atoms with E-state index in [9.17, 15) is 0 Å². The van der Waals surface area contributed by atoms with Crippen LogP contribution in [0.3, 0.4) is 0 Å². The van der Waals surface area contributed by atoms with Gasteiger partial charge in [0.05, 0.1) is 5.69 Å². The summed E-state index contributed by atoms with van der Waals surface area (Å²) >= 11 is 0. The Morgan fingerprint density at radius 2 is 2.00 bits per heavy atom. The molecule has 1 aromatic carbocycles. The minimum Gasteiger partial charge on any atom is -0.404 e. The van der Waals surface area contributed by atoms with Gasteiger partial charge in [-0.15, -0.1) is 5.10 Å².